The van der Waals surface area contributed by atoms with Crippen LogP contribution in [0.3, 0.4) is 0 Å². The summed E-state index contributed by atoms with van der Waals surface area (Å²) in [6.07, 6.45) is 0. The van der Waals surface area contributed by atoms with Gasteiger partial charge in [-0.25, -0.2) is 0 Å². The lowest BCUT2D eigenvalue weighted by Gasteiger charge is -2.15. The highest BCUT2D eigenvalue weighted by molar-refractivity contribution is 5.94. The van der Waals surface area contributed by atoms with Gasteiger partial charge in [0.2, 0.25) is 0 Å². The van der Waals surface area contributed by atoms with Gasteiger partial charge in [-0.3, -0.25) is 4.79 Å². The third-order valence-corrected chi connectivity index (χ3v) is 3.33. The molecule has 3 heteroatoms. The van der Waals surface area contributed by atoms with Gasteiger partial charge in [0.15, 0.2) is 0 Å². The van der Waals surface area contributed by atoms with Gasteiger partial charge in [-0.2, -0.15) is 0 Å². The van der Waals surface area contributed by atoms with Crippen molar-refractivity contribution in [1.82, 2.24) is 5.32 Å². The van der Waals surface area contributed by atoms with Crippen molar-refractivity contribution in [3.8, 4) is 5.75 Å². The number of carbonyl (C=O) groups excluding carboxylic acids is 1. The third kappa shape index (κ3) is 4.62. The molecule has 1 unspecified atom stereocenters. The molecule has 1 atom stereocenters. The lowest BCUT2D eigenvalue weighted by atomic mass is 10.1. The molecule has 0 spiro atoms. The van der Waals surface area contributed by atoms with Gasteiger partial charge in [0, 0.05) is 5.56 Å². The first-order valence-electron chi connectivity index (χ1n) is 7.65. The van der Waals surface area contributed by atoms with Gasteiger partial charge in [0.1, 0.15) is 5.75 Å². The molecule has 0 fully saturated rings. The van der Waals surface area contributed by atoms with E-state index in [9.17, 15) is 4.79 Å². The average molecular weight is 297 g/mol. The van der Waals surface area contributed by atoms with Crippen LogP contribution in [0, 0.1) is 5.92 Å². The van der Waals surface area contributed by atoms with E-state index in [1.54, 1.807) is 12.1 Å². The predicted octanol–water partition coefficient (Wildman–Crippen LogP) is 4.21. The van der Waals surface area contributed by atoms with Crippen LogP contribution >= 0.6 is 0 Å². The summed E-state index contributed by atoms with van der Waals surface area (Å²) in [6.45, 7) is 6.81. The number of rotatable bonds is 6. The van der Waals surface area contributed by atoms with Crippen LogP contribution in [0.15, 0.2) is 54.6 Å². The number of hydrogen-bond acceptors (Lipinski definition) is 2. The summed E-state index contributed by atoms with van der Waals surface area (Å²) in [5.74, 6) is 1.09. The zero-order chi connectivity index (χ0) is 15.9. The summed E-state index contributed by atoms with van der Waals surface area (Å²) in [5, 5.41) is 3.01. The van der Waals surface area contributed by atoms with Crippen molar-refractivity contribution >= 4 is 5.91 Å². The van der Waals surface area contributed by atoms with Crippen LogP contribution in [0.4, 0.5) is 0 Å². The Bertz CT molecular complexity index is 608. The Balaban J connectivity index is 2.02. The standard InChI is InChI=1S/C19H23NO2/c1-14(2)13-22-18-11-7-10-17(12-18)19(21)20-15(3)16-8-5-4-6-9-16/h4-12,14-15H,13H2,1-3H3,(H,20,21). The smallest absolute Gasteiger partial charge is 0.251 e. The van der Waals surface area contributed by atoms with Crippen molar-refractivity contribution in [3.05, 3.63) is 65.7 Å². The molecule has 2 rings (SSSR count). The minimum atomic E-state index is -0.0913. The van der Waals surface area contributed by atoms with Crippen molar-refractivity contribution < 1.29 is 9.53 Å². The largest absolute Gasteiger partial charge is 0.493 e. The van der Waals surface area contributed by atoms with Gasteiger partial charge >= 0.3 is 0 Å². The SMILES string of the molecule is CC(C)COc1cccc(C(=O)NC(C)c2ccccc2)c1. The van der Waals surface area contributed by atoms with Crippen LogP contribution in [-0.2, 0) is 0 Å². The van der Waals surface area contributed by atoms with E-state index in [-0.39, 0.29) is 11.9 Å². The Hall–Kier alpha value is -2.29. The van der Waals surface area contributed by atoms with E-state index in [0.29, 0.717) is 18.1 Å². The molecule has 0 radical (unpaired) electrons. The number of hydrogen-bond donors (Lipinski definition) is 1. The minimum absolute atomic E-state index is 0.0334. The highest BCUT2D eigenvalue weighted by Gasteiger charge is 2.12. The topological polar surface area (TPSA) is 38.3 Å². The van der Waals surface area contributed by atoms with Crippen molar-refractivity contribution in [1.29, 1.82) is 0 Å². The van der Waals surface area contributed by atoms with Crippen LogP contribution in [0.25, 0.3) is 0 Å². The van der Waals surface area contributed by atoms with E-state index in [0.717, 1.165) is 11.3 Å². The van der Waals surface area contributed by atoms with E-state index >= 15 is 0 Å². The van der Waals surface area contributed by atoms with E-state index < -0.39 is 0 Å². The highest BCUT2D eigenvalue weighted by Crippen LogP contribution is 2.16. The molecule has 0 heterocycles. The molecule has 2 aromatic carbocycles. The maximum Gasteiger partial charge on any atom is 0.251 e. The fraction of sp³-hybridized carbons (Fsp3) is 0.316. The average Bonchev–Trinajstić information content (AvgIpc) is 2.54. The van der Waals surface area contributed by atoms with E-state index in [1.165, 1.54) is 0 Å². The van der Waals surface area contributed by atoms with E-state index in [2.05, 4.69) is 19.2 Å². The highest BCUT2D eigenvalue weighted by atomic mass is 16.5. The van der Waals surface area contributed by atoms with Gasteiger partial charge in [0.05, 0.1) is 12.6 Å². The molecule has 0 aromatic heterocycles. The maximum absolute atomic E-state index is 12.4. The molecule has 0 saturated heterocycles. The van der Waals surface area contributed by atoms with Gasteiger partial charge in [-0.05, 0) is 36.6 Å². The summed E-state index contributed by atoms with van der Waals surface area (Å²) >= 11 is 0. The van der Waals surface area contributed by atoms with Gasteiger partial charge in [0.25, 0.3) is 5.91 Å². The fourth-order valence-electron chi connectivity index (χ4n) is 2.10. The minimum Gasteiger partial charge on any atom is -0.493 e. The molecule has 1 amide bonds. The van der Waals surface area contributed by atoms with Crippen molar-refractivity contribution in [2.24, 2.45) is 5.92 Å². The van der Waals surface area contributed by atoms with Crippen LogP contribution in [0.2, 0.25) is 0 Å². The Morgan fingerprint density at radius 2 is 1.77 bits per heavy atom. The molecule has 0 aliphatic heterocycles. The summed E-state index contributed by atoms with van der Waals surface area (Å²) in [5.41, 5.74) is 1.70. The Morgan fingerprint density at radius 1 is 1.05 bits per heavy atom. The van der Waals surface area contributed by atoms with Crippen molar-refractivity contribution in [2.75, 3.05) is 6.61 Å². The van der Waals surface area contributed by atoms with Crippen LogP contribution in [0.5, 0.6) is 5.75 Å². The first-order valence-corrected chi connectivity index (χ1v) is 7.65. The lowest BCUT2D eigenvalue weighted by molar-refractivity contribution is 0.0939. The van der Waals surface area contributed by atoms with Crippen molar-refractivity contribution in [3.63, 3.8) is 0 Å². The lowest BCUT2D eigenvalue weighted by Crippen LogP contribution is -2.26. The quantitative estimate of drug-likeness (QED) is 0.867. The summed E-state index contributed by atoms with van der Waals surface area (Å²) < 4.78 is 5.67. The number of benzene rings is 2. The van der Waals surface area contributed by atoms with Crippen LogP contribution in [-0.4, -0.2) is 12.5 Å². The van der Waals surface area contributed by atoms with Gasteiger partial charge < -0.3 is 10.1 Å². The maximum atomic E-state index is 12.4. The second-order valence-electron chi connectivity index (χ2n) is 5.84. The van der Waals surface area contributed by atoms with Crippen LogP contribution in [0.1, 0.15) is 42.7 Å². The molecule has 116 valence electrons. The molecule has 1 N–H and O–H groups in total. The zero-order valence-electron chi connectivity index (χ0n) is 13.4. The molecule has 0 aliphatic rings. The summed E-state index contributed by atoms with van der Waals surface area (Å²) in [7, 11) is 0. The van der Waals surface area contributed by atoms with Gasteiger partial charge in [-0.15, -0.1) is 0 Å². The Labute approximate surface area is 132 Å². The third-order valence-electron chi connectivity index (χ3n) is 3.33. The molecular formula is C19H23NO2. The second kappa shape index (κ2) is 7.64. The fourth-order valence-corrected chi connectivity index (χ4v) is 2.10. The number of ether oxygens (including phenoxy) is 1. The summed E-state index contributed by atoms with van der Waals surface area (Å²) in [6, 6.07) is 17.2. The molecule has 0 saturated carbocycles. The molecule has 2 aromatic rings. The van der Waals surface area contributed by atoms with Gasteiger partial charge in [-0.1, -0.05) is 50.2 Å². The first kappa shape index (κ1) is 16.1. The number of carbonyl (C=O) groups is 1. The second-order valence-corrected chi connectivity index (χ2v) is 5.84. The molecule has 0 bridgehead atoms. The zero-order valence-corrected chi connectivity index (χ0v) is 13.4. The number of nitrogens with one attached hydrogen (secondary N) is 1. The van der Waals surface area contributed by atoms with Crippen LogP contribution < -0.4 is 10.1 Å². The first-order chi connectivity index (χ1) is 10.6. The van der Waals surface area contributed by atoms with E-state index in [4.69, 9.17) is 4.74 Å². The molecule has 3 nitrogen and oxygen atoms in total. The summed E-state index contributed by atoms with van der Waals surface area (Å²) in [4.78, 5) is 12.4. The van der Waals surface area contributed by atoms with Crippen molar-refractivity contribution in [2.45, 2.75) is 26.8 Å². The van der Waals surface area contributed by atoms with E-state index in [1.807, 2.05) is 49.4 Å². The molecule has 22 heavy (non-hydrogen) atoms. The monoisotopic (exact) mass is 297 g/mol. The Kier molecular flexibility index (Phi) is 5.59. The number of amides is 1. The normalized spacial score (nSPS) is 12.0. The predicted molar refractivity (Wildman–Crippen MR) is 89.1 cm³/mol. The molecule has 0 aliphatic carbocycles. The molecular weight excluding hydrogens is 274 g/mol. The Morgan fingerprint density at radius 3 is 2.45 bits per heavy atom.